The number of aliphatic hydroxyl groups is 2. The summed E-state index contributed by atoms with van der Waals surface area (Å²) in [5, 5.41) is 20.2. The number of allylic oxidation sites excluding steroid dienone is 1. The summed E-state index contributed by atoms with van der Waals surface area (Å²) in [5.74, 6) is 0.496. The first-order valence-corrected chi connectivity index (χ1v) is 25.2. The van der Waals surface area contributed by atoms with E-state index in [9.17, 15) is 10.2 Å². The van der Waals surface area contributed by atoms with Crippen LogP contribution < -0.4 is 0 Å². The van der Waals surface area contributed by atoms with E-state index in [0.717, 1.165) is 25.9 Å². The molecule has 0 heterocycles. The van der Waals surface area contributed by atoms with Gasteiger partial charge in [-0.15, -0.1) is 0 Å². The molecule has 3 atom stereocenters. The molecule has 0 aromatic rings. The van der Waals surface area contributed by atoms with Crippen molar-refractivity contribution in [1.82, 2.24) is 0 Å². The molecule has 178 valence electrons. The Morgan fingerprint density at radius 3 is 2.30 bits per heavy atom. The molecular formula is C24H50O4SiSn. The van der Waals surface area contributed by atoms with Crippen LogP contribution in [0.5, 0.6) is 0 Å². The fourth-order valence-electron chi connectivity index (χ4n) is 3.32. The molecule has 30 heavy (non-hydrogen) atoms. The van der Waals surface area contributed by atoms with Gasteiger partial charge < -0.3 is 4.74 Å². The first-order valence-electron chi connectivity index (χ1n) is 11.6. The number of aliphatic hydroxyl groups excluding tert-OH is 2. The Morgan fingerprint density at radius 1 is 1.13 bits per heavy atom. The van der Waals surface area contributed by atoms with Crippen LogP contribution in [0.4, 0.5) is 0 Å². The van der Waals surface area contributed by atoms with E-state index in [4.69, 9.17) is 9.47 Å². The van der Waals surface area contributed by atoms with Gasteiger partial charge in [-0.05, 0) is 6.04 Å². The quantitative estimate of drug-likeness (QED) is 0.103. The molecule has 0 aromatic carbocycles. The first kappa shape index (κ1) is 30.3. The van der Waals surface area contributed by atoms with E-state index in [0.29, 0.717) is 25.7 Å². The molecule has 0 bridgehead atoms. The van der Waals surface area contributed by atoms with Gasteiger partial charge in [-0.1, -0.05) is 19.6 Å². The molecule has 4 nitrogen and oxygen atoms in total. The van der Waals surface area contributed by atoms with Crippen molar-refractivity contribution in [2.24, 2.45) is 11.8 Å². The van der Waals surface area contributed by atoms with Gasteiger partial charge in [0, 0.05) is 14.7 Å². The number of ether oxygens (including phenoxy) is 2. The van der Waals surface area contributed by atoms with Crippen molar-refractivity contribution < 1.29 is 19.7 Å². The van der Waals surface area contributed by atoms with Gasteiger partial charge in [-0.2, -0.15) is 0 Å². The minimum absolute atomic E-state index is 0.0512. The fraction of sp³-hybridized carbons (Fsp3) is 0.833. The van der Waals surface area contributed by atoms with E-state index in [1.807, 2.05) is 0 Å². The van der Waals surface area contributed by atoms with Crippen LogP contribution in [0.25, 0.3) is 0 Å². The van der Waals surface area contributed by atoms with Crippen LogP contribution in [0.2, 0.25) is 40.5 Å². The molecule has 0 saturated heterocycles. The molecule has 0 aliphatic rings. The third-order valence-electron chi connectivity index (χ3n) is 5.55. The monoisotopic (exact) mass is 550 g/mol. The SMILES string of the molecule is C=[C]([C@H](CO)C[C@H](O)C[C@H](C)CC/C=C(\C)COCOCC[Si](C)(C)C)[Sn]([CH3])([CH3])[CH3]. The van der Waals surface area contributed by atoms with Crippen molar-refractivity contribution in [3.63, 3.8) is 0 Å². The summed E-state index contributed by atoms with van der Waals surface area (Å²) >= 11 is -2.25. The van der Waals surface area contributed by atoms with Crippen LogP contribution in [0, 0.1) is 11.8 Å². The maximum absolute atomic E-state index is 10.5. The van der Waals surface area contributed by atoms with Gasteiger partial charge in [0.2, 0.25) is 0 Å². The van der Waals surface area contributed by atoms with Crippen LogP contribution >= 0.6 is 0 Å². The van der Waals surface area contributed by atoms with Gasteiger partial charge in [0.05, 0.1) is 0 Å². The van der Waals surface area contributed by atoms with Crippen LogP contribution in [0.1, 0.15) is 39.5 Å². The number of hydrogen-bond donors (Lipinski definition) is 2. The fourth-order valence-corrected chi connectivity index (χ4v) is 8.17. The Morgan fingerprint density at radius 2 is 1.77 bits per heavy atom. The summed E-state index contributed by atoms with van der Waals surface area (Å²) in [4.78, 5) is 6.94. The van der Waals surface area contributed by atoms with Gasteiger partial charge in [0.1, 0.15) is 6.79 Å². The minimum atomic E-state index is -2.25. The Kier molecular flexibility index (Phi) is 15.4. The zero-order valence-corrected chi connectivity index (χ0v) is 24.9. The maximum atomic E-state index is 10.5. The van der Waals surface area contributed by atoms with Crippen molar-refractivity contribution in [2.75, 3.05) is 26.6 Å². The van der Waals surface area contributed by atoms with E-state index in [2.05, 4.69) is 61.0 Å². The van der Waals surface area contributed by atoms with Gasteiger partial charge >= 0.3 is 141 Å². The molecule has 0 aromatic heterocycles. The Bertz CT molecular complexity index is 508. The average molecular weight is 549 g/mol. The molecule has 0 aliphatic heterocycles. The molecular weight excluding hydrogens is 499 g/mol. The second-order valence-electron chi connectivity index (χ2n) is 11.2. The zero-order valence-electron chi connectivity index (χ0n) is 21.1. The van der Waals surface area contributed by atoms with Crippen LogP contribution in [0.15, 0.2) is 21.8 Å². The van der Waals surface area contributed by atoms with Gasteiger partial charge in [-0.3, -0.25) is 0 Å². The summed E-state index contributed by atoms with van der Waals surface area (Å²) in [6.45, 7) is 17.5. The van der Waals surface area contributed by atoms with Crippen molar-refractivity contribution in [1.29, 1.82) is 0 Å². The Labute approximate surface area is 192 Å². The molecule has 2 N–H and O–H groups in total. The van der Waals surface area contributed by atoms with Crippen LogP contribution in [-0.4, -0.2) is 69.4 Å². The van der Waals surface area contributed by atoms with E-state index in [1.165, 1.54) is 15.2 Å². The molecule has 0 unspecified atom stereocenters. The Hall–Kier alpha value is 0.336. The molecule has 0 rings (SSSR count). The third-order valence-corrected chi connectivity index (χ3v) is 13.9. The molecule has 0 radical (unpaired) electrons. The first-order chi connectivity index (χ1) is 13.8. The van der Waals surface area contributed by atoms with Gasteiger partial charge in [0.15, 0.2) is 0 Å². The number of rotatable bonds is 17. The third kappa shape index (κ3) is 16.0. The summed E-state index contributed by atoms with van der Waals surface area (Å²) in [6.07, 6.45) is 5.31. The number of hydrogen-bond acceptors (Lipinski definition) is 4. The zero-order chi connectivity index (χ0) is 23.4. The second-order valence-corrected chi connectivity index (χ2v) is 31.5. The Balaban J connectivity index is 4.08. The molecule has 0 amide bonds. The molecule has 0 spiro atoms. The molecule has 0 fully saturated rings. The topological polar surface area (TPSA) is 58.9 Å². The van der Waals surface area contributed by atoms with Crippen molar-refractivity contribution >= 4 is 26.5 Å². The van der Waals surface area contributed by atoms with Gasteiger partial charge in [0.25, 0.3) is 0 Å². The molecule has 0 aliphatic carbocycles. The summed E-state index contributed by atoms with van der Waals surface area (Å²) in [5.41, 5.74) is 1.23. The summed E-state index contributed by atoms with van der Waals surface area (Å²) in [7, 11) is -1.03. The van der Waals surface area contributed by atoms with Crippen molar-refractivity contribution in [2.45, 2.75) is 86.1 Å². The summed E-state index contributed by atoms with van der Waals surface area (Å²) in [6, 6.07) is 1.17. The van der Waals surface area contributed by atoms with Gasteiger partial charge in [-0.25, -0.2) is 0 Å². The van der Waals surface area contributed by atoms with Crippen LogP contribution in [0.3, 0.4) is 0 Å². The predicted octanol–water partition coefficient (Wildman–Crippen LogP) is 5.86. The van der Waals surface area contributed by atoms with Crippen molar-refractivity contribution in [3.8, 4) is 0 Å². The van der Waals surface area contributed by atoms with E-state index in [-0.39, 0.29) is 18.6 Å². The molecule has 0 saturated carbocycles. The molecule has 6 heteroatoms. The average Bonchev–Trinajstić information content (AvgIpc) is 2.60. The van der Waals surface area contributed by atoms with E-state index >= 15 is 0 Å². The standard InChI is InChI=1S/C21H41O4Si.3CH3.Sn/c1-7-20(15-22)14-21(23)13-18(2)9-8-10-19(3)16-25-17-24-11-12-26(4,5)6;;;;/h10,18,20-23H,1,8-9,11-17H2,2-6H3;3*1H3;/b19-10+;;;;/t18-,20+,21-;;;;/m1..../s1. The van der Waals surface area contributed by atoms with Crippen LogP contribution in [-0.2, 0) is 9.47 Å². The normalized spacial score (nSPS) is 16.4. The summed E-state index contributed by atoms with van der Waals surface area (Å²) < 4.78 is 12.4. The van der Waals surface area contributed by atoms with E-state index < -0.39 is 26.5 Å². The van der Waals surface area contributed by atoms with Crippen molar-refractivity contribution in [3.05, 3.63) is 21.8 Å². The predicted molar refractivity (Wildman–Crippen MR) is 135 cm³/mol. The second kappa shape index (κ2) is 15.2. The van der Waals surface area contributed by atoms with E-state index in [1.54, 1.807) is 0 Å².